The minimum atomic E-state index is -1.44. The molecular weight excluding hydrogens is 282 g/mol. The Balaban J connectivity index is 2.20. The first-order valence-electron chi connectivity index (χ1n) is 5.80. The predicted octanol–water partition coefficient (Wildman–Crippen LogP) is 0.464. The molecule has 2 aromatic rings. The lowest BCUT2D eigenvalue weighted by atomic mass is 10.1. The van der Waals surface area contributed by atoms with Gasteiger partial charge in [0.1, 0.15) is 17.0 Å². The highest BCUT2D eigenvalue weighted by Crippen LogP contribution is 2.22. The highest BCUT2D eigenvalue weighted by molar-refractivity contribution is 6.34. The van der Waals surface area contributed by atoms with E-state index in [4.69, 9.17) is 17.3 Å². The fourth-order valence-electron chi connectivity index (χ4n) is 1.65. The van der Waals surface area contributed by atoms with E-state index in [1.54, 1.807) is 18.2 Å². The number of halogens is 1. The Hall–Kier alpha value is -2.18. The number of aliphatic hydroxyl groups excluding tert-OH is 1. The molecule has 0 radical (unpaired) electrons. The normalized spacial score (nSPS) is 12.1. The summed E-state index contributed by atoms with van der Waals surface area (Å²) < 4.78 is 0. The van der Waals surface area contributed by atoms with Crippen molar-refractivity contribution in [2.45, 2.75) is 6.10 Å². The van der Waals surface area contributed by atoms with E-state index in [1.165, 1.54) is 0 Å². The molecule has 0 aliphatic rings. The number of nitrogens with one attached hydrogen (secondary N) is 1. The van der Waals surface area contributed by atoms with Crippen LogP contribution in [0, 0.1) is 0 Å². The summed E-state index contributed by atoms with van der Waals surface area (Å²) in [6.07, 6.45) is -1.44. The average Bonchev–Trinajstić information content (AvgIpc) is 2.44. The van der Waals surface area contributed by atoms with E-state index >= 15 is 0 Å². The summed E-state index contributed by atoms with van der Waals surface area (Å²) in [6.45, 7) is -0.277. The Bertz CT molecular complexity index is 675. The van der Waals surface area contributed by atoms with E-state index in [9.17, 15) is 14.7 Å². The molecule has 1 unspecified atom stereocenters. The molecule has 7 heteroatoms. The molecule has 1 aromatic carbocycles. The SMILES string of the molecule is NC(=O)C(O)CNC(=O)c1cc2ccccc2c(Cl)n1. The topological polar surface area (TPSA) is 105 Å². The van der Waals surface area contributed by atoms with Crippen LogP contribution in [-0.2, 0) is 4.79 Å². The number of fused-ring (bicyclic) bond motifs is 1. The second-order valence-corrected chi connectivity index (χ2v) is 4.51. The van der Waals surface area contributed by atoms with Crippen LogP contribution in [0.1, 0.15) is 10.5 Å². The van der Waals surface area contributed by atoms with Crippen molar-refractivity contribution < 1.29 is 14.7 Å². The summed E-state index contributed by atoms with van der Waals surface area (Å²) in [5.41, 5.74) is 4.98. The minimum Gasteiger partial charge on any atom is -0.381 e. The van der Waals surface area contributed by atoms with Crippen LogP contribution in [0.15, 0.2) is 30.3 Å². The average molecular weight is 294 g/mol. The van der Waals surface area contributed by atoms with Gasteiger partial charge in [0.2, 0.25) is 5.91 Å². The van der Waals surface area contributed by atoms with Crippen LogP contribution in [0.5, 0.6) is 0 Å². The third-order valence-electron chi connectivity index (χ3n) is 2.71. The van der Waals surface area contributed by atoms with Gasteiger partial charge in [0.15, 0.2) is 0 Å². The molecule has 104 valence electrons. The van der Waals surface area contributed by atoms with Gasteiger partial charge in [0.25, 0.3) is 5.91 Å². The van der Waals surface area contributed by atoms with Crippen molar-refractivity contribution in [1.82, 2.24) is 10.3 Å². The Labute approximate surface area is 119 Å². The number of nitrogens with zero attached hydrogens (tertiary/aromatic N) is 1. The minimum absolute atomic E-state index is 0.102. The molecule has 1 heterocycles. The summed E-state index contributed by atoms with van der Waals surface area (Å²) in [4.78, 5) is 26.5. The second-order valence-electron chi connectivity index (χ2n) is 4.15. The van der Waals surface area contributed by atoms with Gasteiger partial charge in [-0.15, -0.1) is 0 Å². The number of rotatable bonds is 4. The summed E-state index contributed by atoms with van der Waals surface area (Å²) in [6, 6.07) is 8.81. The van der Waals surface area contributed by atoms with Gasteiger partial charge in [0.05, 0.1) is 6.54 Å². The molecule has 0 aliphatic heterocycles. The van der Waals surface area contributed by atoms with Gasteiger partial charge < -0.3 is 16.2 Å². The van der Waals surface area contributed by atoms with E-state index in [2.05, 4.69) is 10.3 Å². The first-order valence-corrected chi connectivity index (χ1v) is 6.17. The Morgan fingerprint density at radius 2 is 2.10 bits per heavy atom. The van der Waals surface area contributed by atoms with Gasteiger partial charge in [-0.2, -0.15) is 0 Å². The Morgan fingerprint density at radius 3 is 2.80 bits per heavy atom. The maximum Gasteiger partial charge on any atom is 0.270 e. The summed E-state index contributed by atoms with van der Waals surface area (Å²) in [5, 5.41) is 13.3. The quantitative estimate of drug-likeness (QED) is 0.712. The number of carbonyl (C=O) groups excluding carboxylic acids is 2. The zero-order valence-corrected chi connectivity index (χ0v) is 11.1. The lowest BCUT2D eigenvalue weighted by Gasteiger charge is -2.09. The largest absolute Gasteiger partial charge is 0.381 e. The van der Waals surface area contributed by atoms with E-state index in [-0.39, 0.29) is 17.4 Å². The third kappa shape index (κ3) is 3.04. The molecule has 0 spiro atoms. The van der Waals surface area contributed by atoms with Gasteiger partial charge in [-0.3, -0.25) is 9.59 Å². The molecule has 20 heavy (non-hydrogen) atoms. The van der Waals surface area contributed by atoms with E-state index in [0.717, 1.165) is 10.8 Å². The van der Waals surface area contributed by atoms with Gasteiger partial charge in [-0.1, -0.05) is 35.9 Å². The van der Waals surface area contributed by atoms with Crippen LogP contribution in [-0.4, -0.2) is 34.6 Å². The molecule has 0 fully saturated rings. The molecule has 2 amide bonds. The van der Waals surface area contributed by atoms with Crippen LogP contribution in [0.3, 0.4) is 0 Å². The van der Waals surface area contributed by atoms with Crippen molar-refractivity contribution in [2.75, 3.05) is 6.54 Å². The predicted molar refractivity (Wildman–Crippen MR) is 74.3 cm³/mol. The molecule has 0 saturated heterocycles. The number of amides is 2. The summed E-state index contributed by atoms with van der Waals surface area (Å²) >= 11 is 6.00. The number of aromatic nitrogens is 1. The first kappa shape index (κ1) is 14.2. The monoisotopic (exact) mass is 293 g/mol. The Kier molecular flexibility index (Phi) is 4.16. The number of pyridine rings is 1. The molecular formula is C13H12ClN3O3. The standard InChI is InChI=1S/C13H12ClN3O3/c14-11-8-4-2-1-3-7(8)5-9(17-11)13(20)16-6-10(18)12(15)19/h1-5,10,18H,6H2,(H2,15,19)(H,16,20). The number of benzene rings is 1. The fourth-order valence-corrected chi connectivity index (χ4v) is 1.92. The van der Waals surface area contributed by atoms with Crippen molar-refractivity contribution in [3.63, 3.8) is 0 Å². The van der Waals surface area contributed by atoms with Gasteiger partial charge in [-0.25, -0.2) is 4.98 Å². The molecule has 0 bridgehead atoms. The zero-order chi connectivity index (χ0) is 14.7. The maximum atomic E-state index is 11.9. The maximum absolute atomic E-state index is 11.9. The van der Waals surface area contributed by atoms with Gasteiger partial charge in [-0.05, 0) is 11.5 Å². The van der Waals surface area contributed by atoms with Crippen molar-refractivity contribution in [3.8, 4) is 0 Å². The third-order valence-corrected chi connectivity index (χ3v) is 3.00. The lowest BCUT2D eigenvalue weighted by Crippen LogP contribution is -2.40. The number of hydrogen-bond acceptors (Lipinski definition) is 4. The first-order chi connectivity index (χ1) is 9.49. The molecule has 1 atom stereocenters. The zero-order valence-electron chi connectivity index (χ0n) is 10.3. The Morgan fingerprint density at radius 1 is 1.40 bits per heavy atom. The van der Waals surface area contributed by atoms with Crippen LogP contribution >= 0.6 is 11.6 Å². The van der Waals surface area contributed by atoms with Crippen molar-refractivity contribution in [2.24, 2.45) is 5.73 Å². The van der Waals surface area contributed by atoms with Crippen molar-refractivity contribution in [1.29, 1.82) is 0 Å². The van der Waals surface area contributed by atoms with Gasteiger partial charge in [0, 0.05) is 5.39 Å². The number of primary amides is 1. The molecule has 0 saturated carbocycles. The fraction of sp³-hybridized carbons (Fsp3) is 0.154. The van der Waals surface area contributed by atoms with E-state index < -0.39 is 17.9 Å². The number of aliphatic hydroxyl groups is 1. The number of hydrogen-bond donors (Lipinski definition) is 3. The summed E-state index contributed by atoms with van der Waals surface area (Å²) in [7, 11) is 0. The van der Waals surface area contributed by atoms with E-state index in [0.29, 0.717) is 0 Å². The van der Waals surface area contributed by atoms with Gasteiger partial charge >= 0.3 is 0 Å². The van der Waals surface area contributed by atoms with E-state index in [1.807, 2.05) is 12.1 Å². The molecule has 4 N–H and O–H groups in total. The van der Waals surface area contributed by atoms with Crippen LogP contribution in [0.4, 0.5) is 0 Å². The van der Waals surface area contributed by atoms with Crippen molar-refractivity contribution in [3.05, 3.63) is 41.2 Å². The molecule has 6 nitrogen and oxygen atoms in total. The molecule has 1 aromatic heterocycles. The smallest absolute Gasteiger partial charge is 0.270 e. The van der Waals surface area contributed by atoms with Crippen molar-refractivity contribution >= 4 is 34.2 Å². The van der Waals surface area contributed by atoms with Crippen LogP contribution < -0.4 is 11.1 Å². The van der Waals surface area contributed by atoms with Crippen LogP contribution in [0.2, 0.25) is 5.15 Å². The number of carbonyl (C=O) groups is 2. The van der Waals surface area contributed by atoms with Crippen LogP contribution in [0.25, 0.3) is 10.8 Å². The highest BCUT2D eigenvalue weighted by Gasteiger charge is 2.15. The second kappa shape index (κ2) is 5.85. The summed E-state index contributed by atoms with van der Waals surface area (Å²) in [5.74, 6) is -1.45. The molecule has 2 rings (SSSR count). The number of nitrogens with two attached hydrogens (primary N) is 1. The molecule has 0 aliphatic carbocycles. The lowest BCUT2D eigenvalue weighted by molar-refractivity contribution is -0.125. The highest BCUT2D eigenvalue weighted by atomic mass is 35.5.